The van der Waals surface area contributed by atoms with Gasteiger partial charge in [-0.15, -0.1) is 10.2 Å². The van der Waals surface area contributed by atoms with Gasteiger partial charge >= 0.3 is 0 Å². The van der Waals surface area contributed by atoms with E-state index in [0.717, 1.165) is 24.9 Å². The summed E-state index contributed by atoms with van der Waals surface area (Å²) in [5.41, 5.74) is 1.46. The zero-order valence-corrected chi connectivity index (χ0v) is 18.3. The monoisotopic (exact) mass is 447 g/mol. The number of benzene rings is 1. The van der Waals surface area contributed by atoms with Crippen LogP contribution in [0, 0.1) is 11.7 Å². The predicted molar refractivity (Wildman–Crippen MR) is 115 cm³/mol. The number of carbonyl (C=O) groups excluding carboxylic acids is 1. The fraction of sp³-hybridized carbons (Fsp3) is 0.476. The van der Waals surface area contributed by atoms with Gasteiger partial charge in [-0.25, -0.2) is 12.8 Å². The number of hydrogen-bond donors (Lipinski definition) is 0. The number of carbonyl (C=O) groups is 1. The van der Waals surface area contributed by atoms with E-state index in [1.165, 1.54) is 22.7 Å². The van der Waals surface area contributed by atoms with E-state index >= 15 is 0 Å². The number of sulfonamides is 1. The van der Waals surface area contributed by atoms with Crippen molar-refractivity contribution in [2.75, 3.05) is 50.4 Å². The molecule has 1 amide bonds. The summed E-state index contributed by atoms with van der Waals surface area (Å²) >= 11 is 0. The van der Waals surface area contributed by atoms with E-state index in [4.69, 9.17) is 0 Å². The van der Waals surface area contributed by atoms with Gasteiger partial charge in [-0.05, 0) is 49.2 Å². The van der Waals surface area contributed by atoms with E-state index in [-0.39, 0.29) is 17.6 Å². The number of piperidine rings is 1. The Hall–Kier alpha value is -2.59. The van der Waals surface area contributed by atoms with Crippen molar-refractivity contribution in [3.05, 3.63) is 42.2 Å². The summed E-state index contributed by atoms with van der Waals surface area (Å²) in [6.45, 7) is 2.91. The molecule has 1 aromatic heterocycles. The third-order valence-electron chi connectivity index (χ3n) is 5.90. The summed E-state index contributed by atoms with van der Waals surface area (Å²) in [7, 11) is -3.22. The van der Waals surface area contributed by atoms with Crippen LogP contribution in [0.3, 0.4) is 0 Å². The van der Waals surface area contributed by atoms with Crippen LogP contribution < -0.4 is 4.90 Å². The smallest absolute Gasteiger partial charge is 0.227 e. The van der Waals surface area contributed by atoms with Crippen LogP contribution in [0.2, 0.25) is 0 Å². The third-order valence-corrected chi connectivity index (χ3v) is 7.21. The fourth-order valence-electron chi connectivity index (χ4n) is 4.15. The molecule has 2 saturated heterocycles. The summed E-state index contributed by atoms with van der Waals surface area (Å²) in [6, 6.07) is 9.84. The maximum Gasteiger partial charge on any atom is 0.227 e. The summed E-state index contributed by atoms with van der Waals surface area (Å²) in [5.74, 6) is 0.353. The molecular formula is C21H26FN5O3S. The number of piperazine rings is 1. The molecule has 0 unspecified atom stereocenters. The van der Waals surface area contributed by atoms with Crippen molar-refractivity contribution in [1.82, 2.24) is 19.4 Å². The molecule has 0 N–H and O–H groups in total. The van der Waals surface area contributed by atoms with Gasteiger partial charge in [0.15, 0.2) is 5.82 Å². The molecule has 0 bridgehead atoms. The summed E-state index contributed by atoms with van der Waals surface area (Å²) < 4.78 is 37.9. The first-order valence-corrected chi connectivity index (χ1v) is 12.2. The van der Waals surface area contributed by atoms with Gasteiger partial charge in [0.1, 0.15) is 5.82 Å². The molecule has 10 heteroatoms. The molecule has 8 nitrogen and oxygen atoms in total. The lowest BCUT2D eigenvalue weighted by Gasteiger charge is -2.38. The molecule has 0 aliphatic carbocycles. The lowest BCUT2D eigenvalue weighted by molar-refractivity contribution is -0.137. The minimum absolute atomic E-state index is 0.0775. The van der Waals surface area contributed by atoms with E-state index in [1.54, 1.807) is 17.0 Å². The van der Waals surface area contributed by atoms with Gasteiger partial charge in [-0.3, -0.25) is 4.79 Å². The Balaban J connectivity index is 1.38. The first kappa shape index (κ1) is 21.6. The van der Waals surface area contributed by atoms with Crippen molar-refractivity contribution in [2.24, 2.45) is 5.92 Å². The normalized spacial score (nSPS) is 20.6. The maximum absolute atomic E-state index is 13.1. The predicted octanol–water partition coefficient (Wildman–Crippen LogP) is 1.60. The molecule has 31 heavy (non-hydrogen) atoms. The van der Waals surface area contributed by atoms with Crippen molar-refractivity contribution in [2.45, 2.75) is 12.8 Å². The van der Waals surface area contributed by atoms with Crippen LogP contribution in [-0.4, -0.2) is 79.3 Å². The molecule has 2 fully saturated rings. The van der Waals surface area contributed by atoms with Crippen LogP contribution in [0.1, 0.15) is 12.8 Å². The first-order chi connectivity index (χ1) is 14.8. The molecule has 166 valence electrons. The number of nitrogens with zero attached hydrogens (tertiary/aromatic N) is 5. The van der Waals surface area contributed by atoms with Gasteiger partial charge in [-0.1, -0.05) is 0 Å². The number of hydrogen-bond acceptors (Lipinski definition) is 6. The Morgan fingerprint density at radius 1 is 1.00 bits per heavy atom. The highest BCUT2D eigenvalue weighted by atomic mass is 32.2. The second kappa shape index (κ2) is 8.88. The molecule has 2 aliphatic rings. The van der Waals surface area contributed by atoms with Gasteiger partial charge in [-0.2, -0.15) is 4.31 Å². The first-order valence-electron chi connectivity index (χ1n) is 10.4. The number of amides is 1. The van der Waals surface area contributed by atoms with E-state index in [2.05, 4.69) is 15.1 Å². The van der Waals surface area contributed by atoms with E-state index < -0.39 is 10.0 Å². The summed E-state index contributed by atoms with van der Waals surface area (Å²) in [4.78, 5) is 16.9. The maximum atomic E-state index is 13.1. The van der Waals surface area contributed by atoms with Gasteiger partial charge in [0.25, 0.3) is 0 Å². The van der Waals surface area contributed by atoms with Crippen LogP contribution in [0.15, 0.2) is 36.4 Å². The van der Waals surface area contributed by atoms with Crippen molar-refractivity contribution in [3.63, 3.8) is 0 Å². The standard InChI is InChI=1S/C21H26FN5O3S/c1-31(29,30)27-13-11-25(12-14-27)21(28)17-3-2-10-26(15-17)20-9-8-19(23-24-20)16-4-6-18(22)7-5-16/h4-9,17H,2-3,10-15H2,1H3/t17-/m0/s1. The number of aromatic nitrogens is 2. The average molecular weight is 448 g/mol. The molecule has 4 rings (SSSR count). The van der Waals surface area contributed by atoms with Gasteiger partial charge < -0.3 is 9.80 Å². The Bertz CT molecular complexity index is 1020. The molecule has 0 radical (unpaired) electrons. The Morgan fingerprint density at radius 2 is 1.71 bits per heavy atom. The topological polar surface area (TPSA) is 86.7 Å². The molecule has 1 aromatic carbocycles. The highest BCUT2D eigenvalue weighted by molar-refractivity contribution is 7.88. The Morgan fingerprint density at radius 3 is 2.32 bits per heavy atom. The Labute approximate surface area is 181 Å². The van der Waals surface area contributed by atoms with Crippen LogP contribution in [0.4, 0.5) is 10.2 Å². The molecule has 3 heterocycles. The molecule has 2 aliphatic heterocycles. The molecular weight excluding hydrogens is 421 g/mol. The van der Waals surface area contributed by atoms with Crippen LogP contribution in [0.5, 0.6) is 0 Å². The average Bonchev–Trinajstić information content (AvgIpc) is 2.79. The largest absolute Gasteiger partial charge is 0.354 e. The summed E-state index contributed by atoms with van der Waals surface area (Å²) in [6.07, 6.45) is 2.88. The lowest BCUT2D eigenvalue weighted by atomic mass is 9.96. The minimum atomic E-state index is -3.22. The van der Waals surface area contributed by atoms with Crippen molar-refractivity contribution in [3.8, 4) is 11.3 Å². The second-order valence-corrected chi connectivity index (χ2v) is 10.0. The summed E-state index contributed by atoms with van der Waals surface area (Å²) in [5, 5.41) is 8.60. The van der Waals surface area contributed by atoms with Crippen LogP contribution >= 0.6 is 0 Å². The number of anilines is 1. The molecule has 0 spiro atoms. The SMILES string of the molecule is CS(=O)(=O)N1CCN(C(=O)[C@H]2CCCN(c3ccc(-c4ccc(F)cc4)nn3)C2)CC1. The van der Waals surface area contributed by atoms with E-state index in [0.29, 0.717) is 44.2 Å². The van der Waals surface area contributed by atoms with Crippen LogP contribution in [0.25, 0.3) is 11.3 Å². The van der Waals surface area contributed by atoms with Gasteiger partial charge in [0, 0.05) is 44.8 Å². The van der Waals surface area contributed by atoms with Gasteiger partial charge in [0.05, 0.1) is 17.9 Å². The van der Waals surface area contributed by atoms with Crippen LogP contribution in [-0.2, 0) is 14.8 Å². The van der Waals surface area contributed by atoms with Gasteiger partial charge in [0.2, 0.25) is 15.9 Å². The highest BCUT2D eigenvalue weighted by Gasteiger charge is 2.33. The van der Waals surface area contributed by atoms with Crippen molar-refractivity contribution in [1.29, 1.82) is 0 Å². The van der Waals surface area contributed by atoms with Crippen molar-refractivity contribution >= 4 is 21.7 Å². The van der Waals surface area contributed by atoms with E-state index in [9.17, 15) is 17.6 Å². The molecule has 0 saturated carbocycles. The number of rotatable bonds is 4. The third kappa shape index (κ3) is 5.01. The number of halogens is 1. The Kier molecular flexibility index (Phi) is 6.19. The molecule has 2 aromatic rings. The van der Waals surface area contributed by atoms with Crippen molar-refractivity contribution < 1.29 is 17.6 Å². The zero-order valence-electron chi connectivity index (χ0n) is 17.4. The molecule has 1 atom stereocenters. The lowest BCUT2D eigenvalue weighted by Crippen LogP contribution is -2.53. The quantitative estimate of drug-likeness (QED) is 0.708. The van der Waals surface area contributed by atoms with E-state index in [1.807, 2.05) is 12.1 Å². The zero-order chi connectivity index (χ0) is 22.0. The highest BCUT2D eigenvalue weighted by Crippen LogP contribution is 2.25. The fourth-order valence-corrected chi connectivity index (χ4v) is 4.98. The minimum Gasteiger partial charge on any atom is -0.354 e. The second-order valence-electron chi connectivity index (χ2n) is 8.06.